The fourth-order valence-electron chi connectivity index (χ4n) is 4.67. The highest BCUT2D eigenvalue weighted by Gasteiger charge is 2.29. The van der Waals surface area contributed by atoms with E-state index >= 15 is 0 Å². The molecule has 150 valence electrons. The Kier molecular flexibility index (Phi) is 5.32. The highest BCUT2D eigenvalue weighted by Crippen LogP contribution is 2.36. The lowest BCUT2D eigenvalue weighted by atomic mass is 9.97. The van der Waals surface area contributed by atoms with Gasteiger partial charge < -0.3 is 4.74 Å². The van der Waals surface area contributed by atoms with Crippen LogP contribution in [-0.2, 0) is 28.9 Å². The van der Waals surface area contributed by atoms with Crippen LogP contribution in [0.15, 0.2) is 9.95 Å². The number of ether oxygens (including phenoxy) is 1. The zero-order valence-electron chi connectivity index (χ0n) is 16.1. The van der Waals surface area contributed by atoms with E-state index in [9.17, 15) is 9.59 Å². The second-order valence-electron chi connectivity index (χ2n) is 8.15. The van der Waals surface area contributed by atoms with E-state index in [1.54, 1.807) is 11.3 Å². The number of thiophene rings is 1. The average molecular weight is 419 g/mol. The van der Waals surface area contributed by atoms with Crippen molar-refractivity contribution in [3.05, 3.63) is 20.8 Å². The molecule has 0 bridgehead atoms. The molecule has 2 fully saturated rings. The molecule has 0 aromatic carbocycles. The van der Waals surface area contributed by atoms with Gasteiger partial charge in [0.15, 0.2) is 5.16 Å². The molecule has 5 nitrogen and oxygen atoms in total. The first-order valence-electron chi connectivity index (χ1n) is 10.6. The molecule has 28 heavy (non-hydrogen) atoms. The number of aromatic nitrogens is 2. The summed E-state index contributed by atoms with van der Waals surface area (Å²) in [5.74, 6) is 0.305. The standard InChI is InChI=1S/C21H26N2O3S2/c24-15-8-2-4-10-17(15)28-21-22-19-18(14-7-1-3-9-16(14)27-19)20(25)23(21)12-13-6-5-11-26-13/h13,17H,1-12H2. The molecule has 0 radical (unpaired) electrons. The van der Waals surface area contributed by atoms with Gasteiger partial charge in [-0.2, -0.15) is 0 Å². The lowest BCUT2D eigenvalue weighted by Gasteiger charge is -2.22. The number of hydrogen-bond donors (Lipinski definition) is 0. The van der Waals surface area contributed by atoms with E-state index in [1.807, 2.05) is 4.57 Å². The van der Waals surface area contributed by atoms with E-state index in [1.165, 1.54) is 28.6 Å². The fraction of sp³-hybridized carbons (Fsp3) is 0.667. The molecule has 2 atom stereocenters. The predicted octanol–water partition coefficient (Wildman–Crippen LogP) is 4.12. The number of carbonyl (C=O) groups excluding carboxylic acids is 1. The number of rotatable bonds is 4. The highest BCUT2D eigenvalue weighted by atomic mass is 32.2. The van der Waals surface area contributed by atoms with E-state index in [0.717, 1.165) is 68.2 Å². The number of carbonyl (C=O) groups is 1. The Morgan fingerprint density at radius 2 is 1.93 bits per heavy atom. The molecule has 2 unspecified atom stereocenters. The molecule has 3 aliphatic rings. The molecule has 0 spiro atoms. The maximum absolute atomic E-state index is 13.6. The zero-order chi connectivity index (χ0) is 19.1. The van der Waals surface area contributed by atoms with Crippen LogP contribution in [0.2, 0.25) is 0 Å². The van der Waals surface area contributed by atoms with Gasteiger partial charge in [-0.15, -0.1) is 11.3 Å². The third-order valence-electron chi connectivity index (χ3n) is 6.20. The third kappa shape index (κ3) is 3.46. The van der Waals surface area contributed by atoms with Crippen LogP contribution in [0.3, 0.4) is 0 Å². The Hall–Kier alpha value is -1.18. The third-order valence-corrected chi connectivity index (χ3v) is 8.69. The van der Waals surface area contributed by atoms with Gasteiger partial charge in [0, 0.05) is 17.9 Å². The van der Waals surface area contributed by atoms with Gasteiger partial charge in [0.05, 0.1) is 23.3 Å². The van der Waals surface area contributed by atoms with Gasteiger partial charge in [-0.1, -0.05) is 18.2 Å². The minimum absolute atomic E-state index is 0.0663. The topological polar surface area (TPSA) is 61.2 Å². The van der Waals surface area contributed by atoms with Crippen molar-refractivity contribution in [1.82, 2.24) is 9.55 Å². The number of hydrogen-bond acceptors (Lipinski definition) is 6. The molecule has 2 aliphatic carbocycles. The summed E-state index contributed by atoms with van der Waals surface area (Å²) in [5, 5.41) is 1.48. The average Bonchev–Trinajstić information content (AvgIpc) is 3.33. The molecule has 2 aromatic heterocycles. The Bertz CT molecular complexity index is 959. The quantitative estimate of drug-likeness (QED) is 0.699. The lowest BCUT2D eigenvalue weighted by Crippen LogP contribution is -2.30. The van der Waals surface area contributed by atoms with E-state index in [0.29, 0.717) is 23.9 Å². The van der Waals surface area contributed by atoms with Crippen molar-refractivity contribution in [3.63, 3.8) is 0 Å². The molecule has 7 heteroatoms. The lowest BCUT2D eigenvalue weighted by molar-refractivity contribution is -0.119. The van der Waals surface area contributed by atoms with E-state index in [4.69, 9.17) is 9.72 Å². The normalized spacial score (nSPS) is 25.4. The van der Waals surface area contributed by atoms with Crippen molar-refractivity contribution in [2.75, 3.05) is 6.61 Å². The van der Waals surface area contributed by atoms with Crippen molar-refractivity contribution in [3.8, 4) is 0 Å². The zero-order valence-corrected chi connectivity index (χ0v) is 17.7. The first-order valence-corrected chi connectivity index (χ1v) is 12.3. The smallest absolute Gasteiger partial charge is 0.263 e. The number of Topliss-reactive ketones (excluding diaryl/α,β-unsaturated/α-hetero) is 1. The molecule has 0 amide bonds. The van der Waals surface area contributed by atoms with E-state index < -0.39 is 0 Å². The fourth-order valence-corrected chi connectivity index (χ4v) is 7.19. The summed E-state index contributed by atoms with van der Waals surface area (Å²) in [5.41, 5.74) is 1.31. The van der Waals surface area contributed by atoms with E-state index in [-0.39, 0.29) is 16.9 Å². The van der Waals surface area contributed by atoms with Crippen LogP contribution in [0.1, 0.15) is 61.8 Å². The summed E-state index contributed by atoms with van der Waals surface area (Å²) in [4.78, 5) is 33.1. The molecule has 1 aliphatic heterocycles. The van der Waals surface area contributed by atoms with Crippen LogP contribution in [0.4, 0.5) is 0 Å². The van der Waals surface area contributed by atoms with Gasteiger partial charge in [0.2, 0.25) is 0 Å². The second-order valence-corrected chi connectivity index (χ2v) is 10.4. The summed E-state index contributed by atoms with van der Waals surface area (Å²) in [6.45, 7) is 1.32. The first-order chi connectivity index (χ1) is 13.7. The SMILES string of the molecule is O=C1CCCCC1Sc1nc2sc3c(c2c(=O)n1CC1CCCO1)CCCC3. The Labute approximate surface area is 172 Å². The Balaban J connectivity index is 1.59. The van der Waals surface area contributed by atoms with Crippen molar-refractivity contribution >= 4 is 39.1 Å². The maximum Gasteiger partial charge on any atom is 0.263 e. The van der Waals surface area contributed by atoms with Crippen LogP contribution in [0, 0.1) is 0 Å². The number of fused-ring (bicyclic) bond motifs is 3. The van der Waals surface area contributed by atoms with Crippen LogP contribution < -0.4 is 5.56 Å². The maximum atomic E-state index is 13.6. The Morgan fingerprint density at radius 3 is 2.75 bits per heavy atom. The first kappa shape index (κ1) is 18.8. The van der Waals surface area contributed by atoms with Crippen molar-refractivity contribution in [1.29, 1.82) is 0 Å². The van der Waals surface area contributed by atoms with Crippen molar-refractivity contribution < 1.29 is 9.53 Å². The van der Waals surface area contributed by atoms with Gasteiger partial charge in [0.25, 0.3) is 5.56 Å². The number of nitrogens with zero attached hydrogens (tertiary/aromatic N) is 2. The van der Waals surface area contributed by atoms with Crippen LogP contribution in [-0.4, -0.2) is 33.3 Å². The van der Waals surface area contributed by atoms with Crippen molar-refractivity contribution in [2.24, 2.45) is 0 Å². The van der Waals surface area contributed by atoms with Gasteiger partial charge in [0.1, 0.15) is 10.6 Å². The molecule has 0 N–H and O–H groups in total. The van der Waals surface area contributed by atoms with Gasteiger partial charge in [-0.25, -0.2) is 4.98 Å². The van der Waals surface area contributed by atoms with Crippen molar-refractivity contribution in [2.45, 2.75) is 87.3 Å². The monoisotopic (exact) mass is 418 g/mol. The van der Waals surface area contributed by atoms with Crippen LogP contribution in [0.25, 0.3) is 10.2 Å². The van der Waals surface area contributed by atoms with Gasteiger partial charge in [-0.3, -0.25) is 14.2 Å². The van der Waals surface area contributed by atoms with Gasteiger partial charge in [-0.05, 0) is 56.9 Å². The largest absolute Gasteiger partial charge is 0.376 e. The summed E-state index contributed by atoms with van der Waals surface area (Å²) in [6, 6.07) is 0. The van der Waals surface area contributed by atoms with Crippen LogP contribution >= 0.6 is 23.1 Å². The Morgan fingerprint density at radius 1 is 1.07 bits per heavy atom. The van der Waals surface area contributed by atoms with E-state index in [2.05, 4.69) is 0 Å². The number of thioether (sulfide) groups is 1. The molecule has 1 saturated heterocycles. The summed E-state index contributed by atoms with van der Waals surface area (Å²) in [7, 11) is 0. The van der Waals surface area contributed by atoms with Gasteiger partial charge >= 0.3 is 0 Å². The molecule has 3 heterocycles. The van der Waals surface area contributed by atoms with Crippen LogP contribution in [0.5, 0.6) is 0 Å². The second kappa shape index (κ2) is 7.92. The molecule has 1 saturated carbocycles. The molecular formula is C21H26N2O3S2. The number of ketones is 1. The summed E-state index contributed by atoms with van der Waals surface area (Å²) >= 11 is 3.20. The summed E-state index contributed by atoms with van der Waals surface area (Å²) < 4.78 is 7.65. The highest BCUT2D eigenvalue weighted by molar-refractivity contribution is 8.00. The molecule has 5 rings (SSSR count). The minimum Gasteiger partial charge on any atom is -0.376 e. The minimum atomic E-state index is -0.0663. The predicted molar refractivity (Wildman–Crippen MR) is 113 cm³/mol. The summed E-state index contributed by atoms with van der Waals surface area (Å²) in [6.07, 6.45) is 10.1. The number of aryl methyl sites for hydroxylation is 2. The molecular weight excluding hydrogens is 392 g/mol. The molecule has 2 aromatic rings.